The normalized spacial score (nSPS) is 11.1. The molecule has 0 heterocycles. The molecule has 3 rings (SSSR count). The van der Waals surface area contributed by atoms with E-state index in [0.717, 1.165) is 10.8 Å². The number of hydrogen-bond donors (Lipinski definition) is 2. The van der Waals surface area contributed by atoms with E-state index >= 15 is 0 Å². The minimum Gasteiger partial charge on any atom is -0.548 e. The summed E-state index contributed by atoms with van der Waals surface area (Å²) in [5.41, 5.74) is 0.924. The Kier molecular flexibility index (Phi) is 7.01. The van der Waals surface area contributed by atoms with E-state index in [1.807, 2.05) is 31.2 Å². The fourth-order valence-corrected chi connectivity index (χ4v) is 3.05. The molecule has 0 atom stereocenters. The van der Waals surface area contributed by atoms with Gasteiger partial charge in [0.1, 0.15) is 11.4 Å². The topological polar surface area (TPSA) is 108 Å². The second kappa shape index (κ2) is 10.1. The maximum atomic E-state index is 12.6. The minimum absolute atomic E-state index is 0.0931. The Bertz CT molecular complexity index is 1140. The van der Waals surface area contributed by atoms with Crippen molar-refractivity contribution in [1.29, 1.82) is 0 Å². The molecule has 0 radical (unpaired) electrons. The Labute approximate surface area is 179 Å². The number of nitrogens with one attached hydrogen (secondary N) is 2. The highest BCUT2D eigenvalue weighted by Crippen LogP contribution is 2.29. The molecule has 2 N–H and O–H groups in total. The van der Waals surface area contributed by atoms with Crippen molar-refractivity contribution in [3.8, 4) is 5.75 Å². The Morgan fingerprint density at radius 1 is 0.935 bits per heavy atom. The van der Waals surface area contributed by atoms with Crippen molar-refractivity contribution >= 4 is 34.6 Å². The molecule has 0 saturated heterocycles. The van der Waals surface area contributed by atoms with Crippen molar-refractivity contribution in [1.82, 2.24) is 10.6 Å². The molecule has 0 spiro atoms. The molecular formula is C24H21N2O5-. The first-order valence-electron chi connectivity index (χ1n) is 9.70. The van der Waals surface area contributed by atoms with Crippen LogP contribution in [0.1, 0.15) is 22.8 Å². The highest BCUT2D eigenvalue weighted by molar-refractivity contribution is 6.07. The molecule has 3 aromatic rings. The third-order valence-electron chi connectivity index (χ3n) is 4.44. The molecule has 3 aromatic carbocycles. The standard InChI is InChI=1S/C24H22N2O5/c1-2-31-21-13-12-17(18-10-6-7-11-19(18)21)14-20(24(30)25-15-22(27)28)26-23(29)16-8-4-3-5-9-16/h3-14H,2,15H2,1H3,(H,25,30)(H,26,29)(H,27,28)/p-1/b20-14-. The second-order valence-corrected chi connectivity index (χ2v) is 6.56. The van der Waals surface area contributed by atoms with Gasteiger partial charge in [-0.2, -0.15) is 0 Å². The number of carboxylic acids is 1. The summed E-state index contributed by atoms with van der Waals surface area (Å²) in [6.45, 7) is 1.71. The first-order valence-corrected chi connectivity index (χ1v) is 9.70. The maximum Gasteiger partial charge on any atom is 0.268 e. The lowest BCUT2D eigenvalue weighted by atomic mass is 10.0. The number of amides is 2. The smallest absolute Gasteiger partial charge is 0.268 e. The number of aliphatic carboxylic acids is 1. The quantitative estimate of drug-likeness (QED) is 0.544. The number of carboxylic acid groups (broad SMARTS) is 1. The highest BCUT2D eigenvalue weighted by atomic mass is 16.5. The fourth-order valence-electron chi connectivity index (χ4n) is 3.05. The Morgan fingerprint density at radius 2 is 1.61 bits per heavy atom. The van der Waals surface area contributed by atoms with Crippen molar-refractivity contribution < 1.29 is 24.2 Å². The largest absolute Gasteiger partial charge is 0.548 e. The van der Waals surface area contributed by atoms with Crippen LogP contribution in [-0.4, -0.2) is 30.9 Å². The number of rotatable bonds is 8. The zero-order valence-corrected chi connectivity index (χ0v) is 16.9. The first-order chi connectivity index (χ1) is 15.0. The van der Waals surface area contributed by atoms with Gasteiger partial charge in [0.2, 0.25) is 0 Å². The lowest BCUT2D eigenvalue weighted by Gasteiger charge is -2.13. The molecule has 2 amide bonds. The van der Waals surface area contributed by atoms with E-state index in [4.69, 9.17) is 4.74 Å². The summed E-state index contributed by atoms with van der Waals surface area (Å²) in [6, 6.07) is 19.5. The van der Waals surface area contributed by atoms with Crippen LogP contribution in [-0.2, 0) is 9.59 Å². The van der Waals surface area contributed by atoms with Gasteiger partial charge in [0.25, 0.3) is 11.8 Å². The predicted octanol–water partition coefficient (Wildman–Crippen LogP) is 1.88. The van der Waals surface area contributed by atoms with Gasteiger partial charge in [0, 0.05) is 10.9 Å². The number of ether oxygens (including phenoxy) is 1. The van der Waals surface area contributed by atoms with E-state index in [1.54, 1.807) is 42.5 Å². The Balaban J connectivity index is 2.02. The molecule has 31 heavy (non-hydrogen) atoms. The lowest BCUT2D eigenvalue weighted by Crippen LogP contribution is -2.41. The predicted molar refractivity (Wildman–Crippen MR) is 115 cm³/mol. The van der Waals surface area contributed by atoms with Crippen LogP contribution in [0.4, 0.5) is 0 Å². The van der Waals surface area contributed by atoms with Crippen LogP contribution >= 0.6 is 0 Å². The van der Waals surface area contributed by atoms with E-state index in [1.165, 1.54) is 6.08 Å². The third-order valence-corrected chi connectivity index (χ3v) is 4.44. The van der Waals surface area contributed by atoms with Gasteiger partial charge in [-0.25, -0.2) is 0 Å². The van der Waals surface area contributed by atoms with Crippen molar-refractivity contribution in [2.75, 3.05) is 13.2 Å². The number of fused-ring (bicyclic) bond motifs is 1. The maximum absolute atomic E-state index is 12.6. The molecule has 0 aromatic heterocycles. The van der Waals surface area contributed by atoms with Gasteiger partial charge in [0.05, 0.1) is 19.1 Å². The lowest BCUT2D eigenvalue weighted by molar-refractivity contribution is -0.303. The summed E-state index contributed by atoms with van der Waals surface area (Å²) < 4.78 is 5.67. The third kappa shape index (κ3) is 5.48. The summed E-state index contributed by atoms with van der Waals surface area (Å²) in [7, 11) is 0. The highest BCUT2D eigenvalue weighted by Gasteiger charge is 2.15. The van der Waals surface area contributed by atoms with E-state index in [9.17, 15) is 19.5 Å². The second-order valence-electron chi connectivity index (χ2n) is 6.56. The molecule has 0 saturated carbocycles. The van der Waals surface area contributed by atoms with Gasteiger partial charge in [0.15, 0.2) is 0 Å². The number of carbonyl (C=O) groups is 3. The number of hydrogen-bond acceptors (Lipinski definition) is 5. The monoisotopic (exact) mass is 417 g/mol. The van der Waals surface area contributed by atoms with Gasteiger partial charge >= 0.3 is 0 Å². The van der Waals surface area contributed by atoms with Crippen LogP contribution in [0.15, 0.2) is 72.4 Å². The first kappa shape index (κ1) is 21.6. The summed E-state index contributed by atoms with van der Waals surface area (Å²) in [6.07, 6.45) is 1.50. The molecule has 0 aliphatic rings. The van der Waals surface area contributed by atoms with Crippen molar-refractivity contribution in [2.24, 2.45) is 0 Å². The van der Waals surface area contributed by atoms with Gasteiger partial charge in [-0.3, -0.25) is 9.59 Å². The van der Waals surface area contributed by atoms with Crippen LogP contribution in [0.25, 0.3) is 16.8 Å². The Hall–Kier alpha value is -4.13. The van der Waals surface area contributed by atoms with E-state index in [0.29, 0.717) is 23.5 Å². The van der Waals surface area contributed by atoms with Gasteiger partial charge in [-0.15, -0.1) is 0 Å². The van der Waals surface area contributed by atoms with Crippen molar-refractivity contribution in [3.63, 3.8) is 0 Å². The molecule has 0 bridgehead atoms. The minimum atomic E-state index is -1.44. The Morgan fingerprint density at radius 3 is 2.29 bits per heavy atom. The molecule has 0 fully saturated rings. The SMILES string of the molecule is CCOc1ccc(/C=C(\NC(=O)c2ccccc2)C(=O)NCC(=O)[O-])c2ccccc12. The van der Waals surface area contributed by atoms with E-state index < -0.39 is 24.3 Å². The van der Waals surface area contributed by atoms with Crippen molar-refractivity contribution in [2.45, 2.75) is 6.92 Å². The molecular weight excluding hydrogens is 396 g/mol. The molecule has 7 nitrogen and oxygen atoms in total. The van der Waals surface area contributed by atoms with E-state index in [2.05, 4.69) is 10.6 Å². The van der Waals surface area contributed by atoms with Gasteiger partial charge < -0.3 is 25.3 Å². The average molecular weight is 417 g/mol. The number of benzene rings is 3. The van der Waals surface area contributed by atoms with Crippen LogP contribution in [0.3, 0.4) is 0 Å². The van der Waals surface area contributed by atoms with Crippen molar-refractivity contribution in [3.05, 3.63) is 83.6 Å². The van der Waals surface area contributed by atoms with E-state index in [-0.39, 0.29) is 5.70 Å². The van der Waals surface area contributed by atoms with Gasteiger partial charge in [-0.05, 0) is 42.1 Å². The molecule has 0 aliphatic heterocycles. The summed E-state index contributed by atoms with van der Waals surface area (Å²) in [5.74, 6) is -1.97. The molecule has 0 unspecified atom stereocenters. The fraction of sp³-hybridized carbons (Fsp3) is 0.125. The molecule has 0 aliphatic carbocycles. The number of carbonyl (C=O) groups excluding carboxylic acids is 3. The zero-order valence-electron chi connectivity index (χ0n) is 16.9. The summed E-state index contributed by atoms with van der Waals surface area (Å²) >= 11 is 0. The van der Waals surface area contributed by atoms with Crippen LogP contribution in [0, 0.1) is 0 Å². The summed E-state index contributed by atoms with van der Waals surface area (Å²) in [4.78, 5) is 36.0. The molecule has 158 valence electrons. The molecule has 7 heteroatoms. The van der Waals surface area contributed by atoms with Gasteiger partial charge in [-0.1, -0.05) is 48.5 Å². The van der Waals surface area contributed by atoms with Crippen LogP contribution in [0.2, 0.25) is 0 Å². The van der Waals surface area contributed by atoms with Crippen LogP contribution in [0.5, 0.6) is 5.75 Å². The average Bonchev–Trinajstić information content (AvgIpc) is 2.79. The zero-order chi connectivity index (χ0) is 22.2. The summed E-state index contributed by atoms with van der Waals surface area (Å²) in [5, 5.41) is 17.2. The van der Waals surface area contributed by atoms with Crippen LogP contribution < -0.4 is 20.5 Å².